The lowest BCUT2D eigenvalue weighted by atomic mass is 9.97. The van der Waals surface area contributed by atoms with Crippen molar-refractivity contribution in [3.8, 4) is 11.3 Å². The van der Waals surface area contributed by atoms with Gasteiger partial charge in [0.05, 0.1) is 0 Å². The lowest BCUT2D eigenvalue weighted by molar-refractivity contribution is 0.0953. The van der Waals surface area contributed by atoms with Gasteiger partial charge in [-0.3, -0.25) is 9.78 Å². The first-order valence-electron chi connectivity index (χ1n) is 8.08. The molecule has 0 aromatic carbocycles. The van der Waals surface area contributed by atoms with E-state index in [4.69, 9.17) is 4.52 Å². The van der Waals surface area contributed by atoms with Gasteiger partial charge in [0.25, 0.3) is 5.91 Å². The summed E-state index contributed by atoms with van der Waals surface area (Å²) in [6.07, 6.45) is 11.4. The highest BCUT2D eigenvalue weighted by molar-refractivity contribution is 6.00. The molecule has 3 rings (SSSR count). The minimum atomic E-state index is -0.132. The molecule has 0 aliphatic heterocycles. The van der Waals surface area contributed by atoms with Crippen LogP contribution in [0.4, 0.5) is 0 Å². The van der Waals surface area contributed by atoms with Crippen LogP contribution in [-0.2, 0) is 0 Å². The molecule has 1 N–H and O–H groups in total. The van der Waals surface area contributed by atoms with Crippen molar-refractivity contribution in [1.82, 2.24) is 15.5 Å². The predicted molar refractivity (Wildman–Crippen MR) is 88.0 cm³/mol. The topological polar surface area (TPSA) is 68.0 Å². The number of carbonyl (C=O) groups excluding carboxylic acids is 1. The molecule has 23 heavy (non-hydrogen) atoms. The minimum absolute atomic E-state index is 0.132. The summed E-state index contributed by atoms with van der Waals surface area (Å²) in [7, 11) is 0. The molecule has 1 amide bonds. The van der Waals surface area contributed by atoms with Gasteiger partial charge in [0, 0.05) is 24.5 Å². The van der Waals surface area contributed by atoms with Crippen LogP contribution >= 0.6 is 0 Å². The summed E-state index contributed by atoms with van der Waals surface area (Å²) < 4.78 is 5.22. The molecular weight excluding hydrogens is 290 g/mol. The van der Waals surface area contributed by atoms with Gasteiger partial charge in [-0.1, -0.05) is 16.8 Å². The molecule has 1 aliphatic rings. The quantitative estimate of drug-likeness (QED) is 0.856. The van der Waals surface area contributed by atoms with E-state index in [-0.39, 0.29) is 5.91 Å². The SMILES string of the molecule is Cc1onc(-c2ccncc2)c1C(=O)NCCC1=CCCCC1. The maximum absolute atomic E-state index is 12.5. The smallest absolute Gasteiger partial charge is 0.257 e. The number of allylic oxidation sites excluding steroid dienone is 1. The van der Waals surface area contributed by atoms with Gasteiger partial charge >= 0.3 is 0 Å². The van der Waals surface area contributed by atoms with Gasteiger partial charge in [-0.15, -0.1) is 0 Å². The van der Waals surface area contributed by atoms with Crippen LogP contribution in [0.5, 0.6) is 0 Å². The lowest BCUT2D eigenvalue weighted by Crippen LogP contribution is -2.25. The van der Waals surface area contributed by atoms with E-state index in [0.29, 0.717) is 23.6 Å². The second-order valence-electron chi connectivity index (χ2n) is 5.81. The number of carbonyl (C=O) groups is 1. The van der Waals surface area contributed by atoms with Crippen molar-refractivity contribution >= 4 is 5.91 Å². The molecule has 2 aromatic heterocycles. The molecule has 0 saturated carbocycles. The van der Waals surface area contributed by atoms with Gasteiger partial charge in [-0.25, -0.2) is 0 Å². The van der Waals surface area contributed by atoms with Crippen LogP contribution in [0.25, 0.3) is 11.3 Å². The Hall–Kier alpha value is -2.43. The van der Waals surface area contributed by atoms with Crippen LogP contribution in [0, 0.1) is 6.92 Å². The summed E-state index contributed by atoms with van der Waals surface area (Å²) >= 11 is 0. The van der Waals surface area contributed by atoms with E-state index < -0.39 is 0 Å². The molecule has 0 spiro atoms. The summed E-state index contributed by atoms with van der Waals surface area (Å²) in [5.74, 6) is 0.401. The van der Waals surface area contributed by atoms with Crippen molar-refractivity contribution in [3.63, 3.8) is 0 Å². The molecule has 0 saturated heterocycles. The molecule has 0 bridgehead atoms. The molecule has 5 heteroatoms. The number of rotatable bonds is 5. The number of amides is 1. The van der Waals surface area contributed by atoms with E-state index in [1.807, 2.05) is 12.1 Å². The maximum Gasteiger partial charge on any atom is 0.257 e. The second-order valence-corrected chi connectivity index (χ2v) is 5.81. The van der Waals surface area contributed by atoms with Crippen LogP contribution in [0.2, 0.25) is 0 Å². The molecule has 2 aromatic rings. The van der Waals surface area contributed by atoms with Crippen LogP contribution < -0.4 is 5.32 Å². The first kappa shape index (κ1) is 15.5. The van der Waals surface area contributed by atoms with Gasteiger partial charge in [0.15, 0.2) is 0 Å². The molecule has 0 unspecified atom stereocenters. The first-order chi connectivity index (χ1) is 11.3. The summed E-state index contributed by atoms with van der Waals surface area (Å²) in [6, 6.07) is 3.64. The number of nitrogens with one attached hydrogen (secondary N) is 1. The van der Waals surface area contributed by atoms with E-state index in [1.54, 1.807) is 19.3 Å². The second kappa shape index (κ2) is 7.22. The maximum atomic E-state index is 12.5. The summed E-state index contributed by atoms with van der Waals surface area (Å²) in [6.45, 7) is 2.40. The molecule has 120 valence electrons. The number of hydrogen-bond donors (Lipinski definition) is 1. The Labute approximate surface area is 135 Å². The molecule has 2 heterocycles. The highest BCUT2D eigenvalue weighted by atomic mass is 16.5. The van der Waals surface area contributed by atoms with Gasteiger partial charge in [-0.2, -0.15) is 0 Å². The monoisotopic (exact) mass is 311 g/mol. The van der Waals surface area contributed by atoms with Crippen molar-refractivity contribution < 1.29 is 9.32 Å². The van der Waals surface area contributed by atoms with Crippen molar-refractivity contribution in [2.45, 2.75) is 39.0 Å². The first-order valence-corrected chi connectivity index (χ1v) is 8.08. The zero-order valence-corrected chi connectivity index (χ0v) is 13.3. The fourth-order valence-corrected chi connectivity index (χ4v) is 2.90. The average Bonchev–Trinajstić information content (AvgIpc) is 2.98. The number of hydrogen-bond acceptors (Lipinski definition) is 4. The third-order valence-electron chi connectivity index (χ3n) is 4.16. The Morgan fingerprint density at radius 2 is 2.13 bits per heavy atom. The van der Waals surface area contributed by atoms with Crippen LogP contribution in [-0.4, -0.2) is 22.6 Å². The summed E-state index contributed by atoms with van der Waals surface area (Å²) in [4.78, 5) is 16.5. The van der Waals surface area contributed by atoms with Gasteiger partial charge in [0.1, 0.15) is 17.0 Å². The number of aromatic nitrogens is 2. The molecular formula is C18H21N3O2. The highest BCUT2D eigenvalue weighted by Gasteiger charge is 2.21. The Balaban J connectivity index is 1.68. The zero-order chi connectivity index (χ0) is 16.1. The standard InChI is InChI=1S/C18H21N3O2/c1-13-16(17(21-23-13)15-8-10-19-11-9-15)18(22)20-12-7-14-5-3-2-4-6-14/h5,8-11H,2-4,6-7,12H2,1H3,(H,20,22). The molecule has 0 fully saturated rings. The lowest BCUT2D eigenvalue weighted by Gasteiger charge is -2.13. The Bertz CT molecular complexity index is 704. The van der Waals surface area contributed by atoms with Crippen molar-refractivity contribution in [2.24, 2.45) is 0 Å². The Morgan fingerprint density at radius 3 is 2.87 bits per heavy atom. The molecule has 5 nitrogen and oxygen atoms in total. The average molecular weight is 311 g/mol. The van der Waals surface area contributed by atoms with Crippen molar-refractivity contribution in [1.29, 1.82) is 0 Å². The third-order valence-corrected chi connectivity index (χ3v) is 4.16. The molecule has 0 atom stereocenters. The van der Waals surface area contributed by atoms with Crippen LogP contribution in [0.3, 0.4) is 0 Å². The van der Waals surface area contributed by atoms with E-state index >= 15 is 0 Å². The normalized spacial score (nSPS) is 14.4. The van der Waals surface area contributed by atoms with Crippen molar-refractivity contribution in [3.05, 3.63) is 47.5 Å². The fraction of sp³-hybridized carbons (Fsp3) is 0.389. The zero-order valence-electron chi connectivity index (χ0n) is 13.3. The molecule has 0 radical (unpaired) electrons. The number of aryl methyl sites for hydroxylation is 1. The van der Waals surface area contributed by atoms with Gasteiger partial charge < -0.3 is 9.84 Å². The fourth-order valence-electron chi connectivity index (χ4n) is 2.90. The Morgan fingerprint density at radius 1 is 1.30 bits per heavy atom. The Kier molecular flexibility index (Phi) is 4.86. The van der Waals surface area contributed by atoms with E-state index in [0.717, 1.165) is 18.4 Å². The van der Waals surface area contributed by atoms with Gasteiger partial charge in [-0.05, 0) is 51.2 Å². The van der Waals surface area contributed by atoms with Crippen LogP contribution in [0.15, 0.2) is 40.7 Å². The number of nitrogens with zero attached hydrogens (tertiary/aromatic N) is 2. The third kappa shape index (κ3) is 3.67. The molecule has 1 aliphatic carbocycles. The summed E-state index contributed by atoms with van der Waals surface area (Å²) in [5, 5.41) is 7.02. The van der Waals surface area contributed by atoms with Crippen LogP contribution in [0.1, 0.15) is 48.2 Å². The van der Waals surface area contributed by atoms with Gasteiger partial charge in [0.2, 0.25) is 0 Å². The predicted octanol–water partition coefficient (Wildman–Crippen LogP) is 3.67. The summed E-state index contributed by atoms with van der Waals surface area (Å²) in [5.41, 5.74) is 3.36. The largest absolute Gasteiger partial charge is 0.360 e. The number of pyridine rings is 1. The van der Waals surface area contributed by atoms with E-state index in [1.165, 1.54) is 24.8 Å². The van der Waals surface area contributed by atoms with Crippen molar-refractivity contribution in [2.75, 3.05) is 6.54 Å². The highest BCUT2D eigenvalue weighted by Crippen LogP contribution is 2.24. The van der Waals surface area contributed by atoms with E-state index in [2.05, 4.69) is 21.5 Å². The minimum Gasteiger partial charge on any atom is -0.360 e. The van der Waals surface area contributed by atoms with E-state index in [9.17, 15) is 4.79 Å².